The quantitative estimate of drug-likeness (QED) is 0.485. The Morgan fingerprint density at radius 3 is 2.63 bits per heavy atom. The van der Waals surface area contributed by atoms with Crippen molar-refractivity contribution in [2.75, 3.05) is 12.3 Å². The van der Waals surface area contributed by atoms with E-state index in [0.717, 1.165) is 6.42 Å². The van der Waals surface area contributed by atoms with Gasteiger partial charge in [0, 0.05) is 24.4 Å². The van der Waals surface area contributed by atoms with Gasteiger partial charge in [-0.05, 0) is 17.9 Å². The molecule has 0 saturated carbocycles. The van der Waals surface area contributed by atoms with Gasteiger partial charge in [-0.1, -0.05) is 20.8 Å². The number of nitrogen functional groups attached to an aromatic ring is 1. The second-order valence-electron chi connectivity index (χ2n) is 5.23. The van der Waals surface area contributed by atoms with Gasteiger partial charge in [-0.25, -0.2) is 0 Å². The molecule has 0 aliphatic heterocycles. The van der Waals surface area contributed by atoms with Crippen molar-refractivity contribution >= 4 is 17.3 Å². The fourth-order valence-corrected chi connectivity index (χ4v) is 1.39. The van der Waals surface area contributed by atoms with Gasteiger partial charge in [0.25, 0.3) is 11.6 Å². The van der Waals surface area contributed by atoms with E-state index in [0.29, 0.717) is 6.54 Å². The average molecular weight is 265 g/mol. The smallest absolute Gasteiger partial charge is 0.270 e. The van der Waals surface area contributed by atoms with E-state index in [4.69, 9.17) is 5.73 Å². The number of nitrogens with one attached hydrogen (secondary N) is 1. The monoisotopic (exact) mass is 265 g/mol. The summed E-state index contributed by atoms with van der Waals surface area (Å²) in [7, 11) is 0. The number of amides is 1. The average Bonchev–Trinajstić information content (AvgIpc) is 2.36. The van der Waals surface area contributed by atoms with Gasteiger partial charge in [0.1, 0.15) is 0 Å². The lowest BCUT2D eigenvalue weighted by molar-refractivity contribution is -0.384. The van der Waals surface area contributed by atoms with Crippen LogP contribution in [0.4, 0.5) is 11.4 Å². The number of nitro benzene ring substituents is 1. The molecule has 1 aromatic carbocycles. The van der Waals surface area contributed by atoms with Crippen LogP contribution in [0, 0.1) is 15.5 Å². The minimum atomic E-state index is -0.549. The third kappa shape index (κ3) is 3.94. The number of nitrogens with zero attached hydrogens (tertiary/aromatic N) is 1. The van der Waals surface area contributed by atoms with E-state index >= 15 is 0 Å². The molecule has 0 radical (unpaired) electrons. The van der Waals surface area contributed by atoms with Gasteiger partial charge in [0.05, 0.1) is 10.5 Å². The molecule has 1 rings (SSSR count). The van der Waals surface area contributed by atoms with E-state index in [1.165, 1.54) is 18.2 Å². The lowest BCUT2D eigenvalue weighted by atomic mass is 9.90. The van der Waals surface area contributed by atoms with Crippen LogP contribution in [0.3, 0.4) is 0 Å². The molecule has 0 aromatic heterocycles. The highest BCUT2D eigenvalue weighted by Crippen LogP contribution is 2.21. The number of nitro groups is 1. The summed E-state index contributed by atoms with van der Waals surface area (Å²) in [6.07, 6.45) is 0.914. The molecular formula is C13H19N3O3. The standard InChI is InChI=1S/C13H19N3O3/c1-4-13(2,3)8-15-12(17)10-7-9(16(18)19)5-6-11(10)14/h5-7H,4,8,14H2,1-3H3,(H,15,17). The lowest BCUT2D eigenvalue weighted by Gasteiger charge is -2.23. The molecule has 0 saturated heterocycles. The van der Waals surface area contributed by atoms with Gasteiger partial charge < -0.3 is 11.1 Å². The number of rotatable bonds is 5. The minimum Gasteiger partial charge on any atom is -0.398 e. The Morgan fingerprint density at radius 1 is 1.47 bits per heavy atom. The van der Waals surface area contributed by atoms with Crippen LogP contribution in [-0.2, 0) is 0 Å². The van der Waals surface area contributed by atoms with Crippen molar-refractivity contribution in [1.29, 1.82) is 0 Å². The molecule has 6 heteroatoms. The maximum atomic E-state index is 12.0. The molecule has 0 fully saturated rings. The highest BCUT2D eigenvalue weighted by molar-refractivity contribution is 5.99. The first-order valence-corrected chi connectivity index (χ1v) is 6.09. The normalized spacial score (nSPS) is 11.1. The summed E-state index contributed by atoms with van der Waals surface area (Å²) in [6.45, 7) is 6.59. The zero-order valence-corrected chi connectivity index (χ0v) is 11.4. The van der Waals surface area contributed by atoms with Crippen LogP contribution < -0.4 is 11.1 Å². The van der Waals surface area contributed by atoms with Crippen molar-refractivity contribution in [3.05, 3.63) is 33.9 Å². The summed E-state index contributed by atoms with van der Waals surface area (Å²) < 4.78 is 0. The van der Waals surface area contributed by atoms with E-state index in [-0.39, 0.29) is 28.3 Å². The number of carbonyl (C=O) groups is 1. The molecule has 0 spiro atoms. The summed E-state index contributed by atoms with van der Waals surface area (Å²) in [4.78, 5) is 22.1. The van der Waals surface area contributed by atoms with Gasteiger partial charge >= 0.3 is 0 Å². The number of carbonyl (C=O) groups excluding carboxylic acids is 1. The fourth-order valence-electron chi connectivity index (χ4n) is 1.39. The molecule has 104 valence electrons. The zero-order valence-electron chi connectivity index (χ0n) is 11.4. The number of nitrogens with two attached hydrogens (primary N) is 1. The molecule has 0 bridgehead atoms. The van der Waals surface area contributed by atoms with Crippen LogP contribution in [0.15, 0.2) is 18.2 Å². The van der Waals surface area contributed by atoms with Crippen molar-refractivity contribution in [3.63, 3.8) is 0 Å². The van der Waals surface area contributed by atoms with Gasteiger partial charge in [-0.2, -0.15) is 0 Å². The van der Waals surface area contributed by atoms with Gasteiger partial charge in [0.15, 0.2) is 0 Å². The molecule has 19 heavy (non-hydrogen) atoms. The highest BCUT2D eigenvalue weighted by atomic mass is 16.6. The second-order valence-corrected chi connectivity index (χ2v) is 5.23. The topological polar surface area (TPSA) is 98.3 Å². The third-order valence-corrected chi connectivity index (χ3v) is 3.18. The Bertz CT molecular complexity index is 498. The molecule has 0 aliphatic rings. The molecule has 0 aliphatic carbocycles. The van der Waals surface area contributed by atoms with E-state index in [9.17, 15) is 14.9 Å². The minimum absolute atomic E-state index is 0.0227. The fraction of sp³-hybridized carbons (Fsp3) is 0.462. The molecular weight excluding hydrogens is 246 g/mol. The van der Waals surface area contributed by atoms with Crippen LogP contribution in [0.5, 0.6) is 0 Å². The summed E-state index contributed by atoms with van der Waals surface area (Å²) in [5.41, 5.74) is 5.89. The second kappa shape index (κ2) is 5.69. The number of hydrogen-bond donors (Lipinski definition) is 2. The van der Waals surface area contributed by atoms with Crippen molar-refractivity contribution in [2.24, 2.45) is 5.41 Å². The predicted octanol–water partition coefficient (Wildman–Crippen LogP) is 2.34. The van der Waals surface area contributed by atoms with Crippen molar-refractivity contribution < 1.29 is 9.72 Å². The molecule has 3 N–H and O–H groups in total. The first-order chi connectivity index (χ1) is 8.76. The number of hydrogen-bond acceptors (Lipinski definition) is 4. The van der Waals surface area contributed by atoms with Gasteiger partial charge in [0.2, 0.25) is 0 Å². The Kier molecular flexibility index (Phi) is 4.47. The van der Waals surface area contributed by atoms with Crippen LogP contribution in [0.1, 0.15) is 37.6 Å². The summed E-state index contributed by atoms with van der Waals surface area (Å²) in [5, 5.41) is 13.4. The summed E-state index contributed by atoms with van der Waals surface area (Å²) in [6, 6.07) is 3.85. The molecule has 0 atom stereocenters. The predicted molar refractivity (Wildman–Crippen MR) is 73.9 cm³/mol. The summed E-state index contributed by atoms with van der Waals surface area (Å²) >= 11 is 0. The lowest BCUT2D eigenvalue weighted by Crippen LogP contribution is -2.34. The molecule has 0 heterocycles. The Hall–Kier alpha value is -2.11. The van der Waals surface area contributed by atoms with E-state index in [1.807, 2.05) is 20.8 Å². The SMILES string of the molecule is CCC(C)(C)CNC(=O)c1cc([N+](=O)[O-])ccc1N. The van der Waals surface area contributed by atoms with Crippen molar-refractivity contribution in [2.45, 2.75) is 27.2 Å². The van der Waals surface area contributed by atoms with Crippen LogP contribution in [-0.4, -0.2) is 17.4 Å². The first-order valence-electron chi connectivity index (χ1n) is 6.09. The van der Waals surface area contributed by atoms with E-state index < -0.39 is 4.92 Å². The summed E-state index contributed by atoms with van der Waals surface area (Å²) in [5.74, 6) is -0.386. The van der Waals surface area contributed by atoms with Crippen molar-refractivity contribution in [3.8, 4) is 0 Å². The van der Waals surface area contributed by atoms with Crippen LogP contribution in [0.2, 0.25) is 0 Å². The Balaban J connectivity index is 2.88. The third-order valence-electron chi connectivity index (χ3n) is 3.18. The van der Waals surface area contributed by atoms with Gasteiger partial charge in [-0.3, -0.25) is 14.9 Å². The molecule has 1 aromatic rings. The van der Waals surface area contributed by atoms with Gasteiger partial charge in [-0.15, -0.1) is 0 Å². The number of benzene rings is 1. The number of non-ortho nitro benzene ring substituents is 1. The molecule has 1 amide bonds. The molecule has 6 nitrogen and oxygen atoms in total. The maximum Gasteiger partial charge on any atom is 0.270 e. The zero-order chi connectivity index (χ0) is 14.6. The van der Waals surface area contributed by atoms with Crippen molar-refractivity contribution in [1.82, 2.24) is 5.32 Å². The van der Waals surface area contributed by atoms with E-state index in [1.54, 1.807) is 0 Å². The van der Waals surface area contributed by atoms with Crippen LogP contribution in [0.25, 0.3) is 0 Å². The largest absolute Gasteiger partial charge is 0.398 e. The maximum absolute atomic E-state index is 12.0. The number of anilines is 1. The van der Waals surface area contributed by atoms with Crippen LogP contribution >= 0.6 is 0 Å². The first kappa shape index (κ1) is 14.9. The highest BCUT2D eigenvalue weighted by Gasteiger charge is 2.19. The Morgan fingerprint density at radius 2 is 2.11 bits per heavy atom. The van der Waals surface area contributed by atoms with E-state index in [2.05, 4.69) is 5.32 Å². The Labute approximate surface area is 112 Å². The molecule has 0 unspecified atom stereocenters.